The number of anilines is 1. The number of amides is 2. The van der Waals surface area contributed by atoms with Crippen LogP contribution in [0.4, 0.5) is 28.0 Å². The standard InChI is InChI=1S/C26H18F4N4O2/c1-15-21(24-32-23(33-36-24)17-7-11-19(27)12-8-17)22(16-5-3-2-4-6-16)31-25(35)34(15)20-13-9-18(10-14-20)26(28,29)30/h2-14,22H,1H3,(H,31,35). The molecule has 2 heterocycles. The van der Waals surface area contributed by atoms with Crippen molar-refractivity contribution in [1.82, 2.24) is 15.5 Å². The fourth-order valence-corrected chi connectivity index (χ4v) is 4.08. The second-order valence-electron chi connectivity index (χ2n) is 8.10. The minimum atomic E-state index is -4.50. The summed E-state index contributed by atoms with van der Waals surface area (Å²) in [6, 6.07) is 17.8. The Balaban J connectivity index is 1.62. The fraction of sp³-hybridized carbons (Fsp3) is 0.115. The number of benzene rings is 3. The van der Waals surface area contributed by atoms with Crippen molar-refractivity contribution in [3.63, 3.8) is 0 Å². The molecule has 4 aromatic rings. The molecular formula is C26H18F4N4O2. The van der Waals surface area contributed by atoms with Crippen LogP contribution in [0.25, 0.3) is 17.0 Å². The van der Waals surface area contributed by atoms with Gasteiger partial charge in [-0.3, -0.25) is 4.90 Å². The molecule has 1 N–H and O–H groups in total. The predicted molar refractivity (Wildman–Crippen MR) is 124 cm³/mol. The molecule has 0 saturated heterocycles. The van der Waals surface area contributed by atoms with E-state index in [1.54, 1.807) is 6.92 Å². The molecule has 10 heteroatoms. The fourth-order valence-electron chi connectivity index (χ4n) is 4.08. The SMILES string of the molecule is CC1=C(c2nc(-c3ccc(F)cc3)no2)C(c2ccccc2)NC(=O)N1c1ccc(C(F)(F)F)cc1. The van der Waals surface area contributed by atoms with E-state index < -0.39 is 29.6 Å². The molecule has 0 spiro atoms. The minimum absolute atomic E-state index is 0.109. The summed E-state index contributed by atoms with van der Waals surface area (Å²) in [6.07, 6.45) is -4.50. The van der Waals surface area contributed by atoms with Gasteiger partial charge in [-0.15, -0.1) is 0 Å². The maximum atomic E-state index is 13.3. The number of hydrogen-bond acceptors (Lipinski definition) is 4. The zero-order valence-electron chi connectivity index (χ0n) is 18.8. The molecule has 0 bridgehead atoms. The average molecular weight is 494 g/mol. The predicted octanol–water partition coefficient (Wildman–Crippen LogP) is 6.60. The van der Waals surface area contributed by atoms with E-state index in [0.717, 1.165) is 17.7 Å². The molecule has 1 atom stereocenters. The van der Waals surface area contributed by atoms with E-state index >= 15 is 0 Å². The molecule has 5 rings (SSSR count). The van der Waals surface area contributed by atoms with Crippen LogP contribution in [0.1, 0.15) is 30.0 Å². The molecule has 2 amide bonds. The van der Waals surface area contributed by atoms with Gasteiger partial charge in [-0.2, -0.15) is 18.2 Å². The number of nitrogens with zero attached hydrogens (tertiary/aromatic N) is 3. The summed E-state index contributed by atoms with van der Waals surface area (Å²) >= 11 is 0. The summed E-state index contributed by atoms with van der Waals surface area (Å²) in [6.45, 7) is 1.66. The van der Waals surface area contributed by atoms with Gasteiger partial charge in [-0.1, -0.05) is 35.5 Å². The van der Waals surface area contributed by atoms with Crippen LogP contribution in [0.3, 0.4) is 0 Å². The Kier molecular flexibility index (Phi) is 5.79. The van der Waals surface area contributed by atoms with Crippen molar-refractivity contribution in [2.24, 2.45) is 0 Å². The Labute approximate surface area is 202 Å². The third-order valence-electron chi connectivity index (χ3n) is 5.83. The lowest BCUT2D eigenvalue weighted by atomic mass is 9.94. The summed E-state index contributed by atoms with van der Waals surface area (Å²) in [5, 5.41) is 6.90. The van der Waals surface area contributed by atoms with Crippen LogP contribution in [0.5, 0.6) is 0 Å². The third-order valence-corrected chi connectivity index (χ3v) is 5.83. The van der Waals surface area contributed by atoms with Gasteiger partial charge in [-0.05, 0) is 61.0 Å². The molecule has 0 radical (unpaired) electrons. The van der Waals surface area contributed by atoms with Crippen LogP contribution in [0, 0.1) is 5.82 Å². The number of alkyl halides is 3. The number of rotatable bonds is 4. The summed E-state index contributed by atoms with van der Waals surface area (Å²) in [7, 11) is 0. The number of carbonyl (C=O) groups is 1. The van der Waals surface area contributed by atoms with Crippen LogP contribution >= 0.6 is 0 Å². The zero-order valence-corrected chi connectivity index (χ0v) is 18.8. The van der Waals surface area contributed by atoms with Crippen molar-refractivity contribution < 1.29 is 26.9 Å². The Hall–Kier alpha value is -4.47. The molecular weight excluding hydrogens is 476 g/mol. The number of allylic oxidation sites excluding steroid dienone is 1. The third kappa shape index (κ3) is 4.33. The molecule has 1 aromatic heterocycles. The van der Waals surface area contributed by atoms with Gasteiger partial charge < -0.3 is 9.84 Å². The van der Waals surface area contributed by atoms with Crippen molar-refractivity contribution >= 4 is 17.3 Å². The van der Waals surface area contributed by atoms with Gasteiger partial charge in [0.2, 0.25) is 5.82 Å². The number of urea groups is 1. The van der Waals surface area contributed by atoms with Crippen LogP contribution in [-0.4, -0.2) is 16.2 Å². The Morgan fingerprint density at radius 1 is 0.944 bits per heavy atom. The Morgan fingerprint density at radius 3 is 2.25 bits per heavy atom. The highest BCUT2D eigenvalue weighted by molar-refractivity contribution is 6.01. The molecule has 182 valence electrons. The number of aromatic nitrogens is 2. The molecule has 1 unspecified atom stereocenters. The number of nitrogens with one attached hydrogen (secondary N) is 1. The topological polar surface area (TPSA) is 71.3 Å². The highest BCUT2D eigenvalue weighted by Gasteiger charge is 2.37. The van der Waals surface area contributed by atoms with Crippen molar-refractivity contribution in [3.05, 3.63) is 107 Å². The summed E-state index contributed by atoms with van der Waals surface area (Å²) in [5.74, 6) is -0.0833. The average Bonchev–Trinajstić information content (AvgIpc) is 3.34. The van der Waals surface area contributed by atoms with Crippen molar-refractivity contribution in [1.29, 1.82) is 0 Å². The van der Waals surface area contributed by atoms with Gasteiger partial charge >= 0.3 is 12.2 Å². The summed E-state index contributed by atoms with van der Waals surface area (Å²) in [5.41, 5.74) is 1.56. The van der Waals surface area contributed by atoms with Crippen molar-refractivity contribution in [3.8, 4) is 11.4 Å². The van der Waals surface area contributed by atoms with Gasteiger partial charge in [0.25, 0.3) is 5.89 Å². The van der Waals surface area contributed by atoms with Gasteiger partial charge in [0, 0.05) is 11.3 Å². The first-order valence-corrected chi connectivity index (χ1v) is 10.9. The largest absolute Gasteiger partial charge is 0.416 e. The lowest BCUT2D eigenvalue weighted by molar-refractivity contribution is -0.137. The molecule has 0 aliphatic carbocycles. The van der Waals surface area contributed by atoms with Crippen LogP contribution < -0.4 is 10.2 Å². The van der Waals surface area contributed by atoms with Crippen LogP contribution in [-0.2, 0) is 6.18 Å². The van der Waals surface area contributed by atoms with Gasteiger partial charge in [0.1, 0.15) is 5.82 Å². The van der Waals surface area contributed by atoms with Crippen LogP contribution in [0.15, 0.2) is 89.1 Å². The number of hydrogen-bond donors (Lipinski definition) is 1. The summed E-state index contributed by atoms with van der Waals surface area (Å²) < 4.78 is 58.0. The summed E-state index contributed by atoms with van der Waals surface area (Å²) in [4.78, 5) is 18.9. The zero-order chi connectivity index (χ0) is 25.4. The van der Waals surface area contributed by atoms with E-state index in [4.69, 9.17) is 4.52 Å². The van der Waals surface area contributed by atoms with Crippen molar-refractivity contribution in [2.45, 2.75) is 19.1 Å². The maximum absolute atomic E-state index is 13.3. The van der Waals surface area contributed by atoms with Gasteiger partial charge in [0.15, 0.2) is 0 Å². The Morgan fingerprint density at radius 2 is 1.61 bits per heavy atom. The number of carbonyl (C=O) groups excluding carboxylic acids is 1. The second kappa shape index (κ2) is 8.95. The first-order valence-electron chi connectivity index (χ1n) is 10.9. The van der Waals surface area contributed by atoms with E-state index in [1.165, 1.54) is 41.3 Å². The highest BCUT2D eigenvalue weighted by Crippen LogP contribution is 2.39. The van der Waals surface area contributed by atoms with E-state index in [1.807, 2.05) is 30.3 Å². The molecule has 1 aliphatic heterocycles. The highest BCUT2D eigenvalue weighted by atomic mass is 19.4. The first-order chi connectivity index (χ1) is 17.2. The lowest BCUT2D eigenvalue weighted by Gasteiger charge is -2.35. The maximum Gasteiger partial charge on any atom is 0.416 e. The van der Waals surface area contributed by atoms with E-state index in [2.05, 4.69) is 15.5 Å². The van der Waals surface area contributed by atoms with Gasteiger partial charge in [0.05, 0.1) is 22.9 Å². The smallest absolute Gasteiger partial charge is 0.334 e. The molecule has 1 aliphatic rings. The second-order valence-corrected chi connectivity index (χ2v) is 8.10. The minimum Gasteiger partial charge on any atom is -0.334 e. The molecule has 3 aromatic carbocycles. The first kappa shape index (κ1) is 23.3. The monoisotopic (exact) mass is 494 g/mol. The molecule has 0 fully saturated rings. The molecule has 36 heavy (non-hydrogen) atoms. The van der Waals surface area contributed by atoms with E-state index in [-0.39, 0.29) is 17.4 Å². The Bertz CT molecular complexity index is 1430. The van der Waals surface area contributed by atoms with Gasteiger partial charge in [-0.25, -0.2) is 9.18 Å². The van der Waals surface area contributed by atoms with Crippen LogP contribution in [0.2, 0.25) is 0 Å². The quantitative estimate of drug-likeness (QED) is 0.325. The van der Waals surface area contributed by atoms with E-state index in [0.29, 0.717) is 16.8 Å². The lowest BCUT2D eigenvalue weighted by Crippen LogP contribution is -2.46. The number of halogens is 4. The van der Waals surface area contributed by atoms with E-state index in [9.17, 15) is 22.4 Å². The normalized spacial score (nSPS) is 16.3. The molecule has 6 nitrogen and oxygen atoms in total. The molecule has 0 saturated carbocycles. The van der Waals surface area contributed by atoms with Crippen molar-refractivity contribution in [2.75, 3.05) is 4.90 Å².